The van der Waals surface area contributed by atoms with Gasteiger partial charge in [-0.2, -0.15) is 13.2 Å². The number of hydrogen-bond acceptors (Lipinski definition) is 11. The van der Waals surface area contributed by atoms with Crippen molar-refractivity contribution in [2.45, 2.75) is 69.2 Å². The van der Waals surface area contributed by atoms with Crippen molar-refractivity contribution in [2.24, 2.45) is 11.8 Å². The molecule has 3 aliphatic rings. The Morgan fingerprint density at radius 1 is 0.915 bits per heavy atom. The summed E-state index contributed by atoms with van der Waals surface area (Å²) in [4.78, 5) is 79.1. The van der Waals surface area contributed by atoms with Gasteiger partial charge in [0.1, 0.15) is 18.2 Å². The first kappa shape index (κ1) is 43.2. The van der Waals surface area contributed by atoms with E-state index < -0.39 is 23.7 Å². The number of alkyl halides is 3. The molecule has 2 aromatic heterocycles. The molecule has 19 heteroatoms. The lowest BCUT2D eigenvalue weighted by Crippen LogP contribution is -2.43. The number of fused-ring (bicyclic) bond motifs is 1. The van der Waals surface area contributed by atoms with Crippen molar-refractivity contribution in [1.82, 2.24) is 40.7 Å². The van der Waals surface area contributed by atoms with Gasteiger partial charge in [-0.1, -0.05) is 6.07 Å². The highest BCUT2D eigenvalue weighted by Gasteiger charge is 2.42. The van der Waals surface area contributed by atoms with Crippen LogP contribution in [0.1, 0.15) is 62.1 Å². The number of aromatic nitrogens is 3. The van der Waals surface area contributed by atoms with Crippen molar-refractivity contribution in [3.05, 3.63) is 60.2 Å². The van der Waals surface area contributed by atoms with E-state index in [2.05, 4.69) is 36.2 Å². The van der Waals surface area contributed by atoms with Crippen molar-refractivity contribution >= 4 is 46.3 Å². The van der Waals surface area contributed by atoms with Gasteiger partial charge in [0.25, 0.3) is 0 Å². The summed E-state index contributed by atoms with van der Waals surface area (Å²) in [6.45, 7) is 2.32. The number of amides is 5. The van der Waals surface area contributed by atoms with Gasteiger partial charge >= 0.3 is 6.18 Å². The van der Waals surface area contributed by atoms with Crippen molar-refractivity contribution in [2.75, 3.05) is 65.0 Å². The van der Waals surface area contributed by atoms with E-state index in [4.69, 9.17) is 9.47 Å². The Morgan fingerprint density at radius 3 is 2.42 bits per heavy atom. The number of anilines is 1. The minimum absolute atomic E-state index is 0.0359. The van der Waals surface area contributed by atoms with E-state index in [1.807, 2.05) is 6.07 Å². The smallest absolute Gasteiger partial charge is 0.379 e. The van der Waals surface area contributed by atoms with Crippen LogP contribution < -0.4 is 21.3 Å². The number of likely N-dealkylation sites (tertiary alicyclic amines) is 2. The molecular weight excluding hydrogens is 775 g/mol. The first-order valence-electron chi connectivity index (χ1n) is 19.9. The van der Waals surface area contributed by atoms with E-state index in [-0.39, 0.29) is 111 Å². The maximum atomic E-state index is 13.3. The Hall–Kier alpha value is -5.43. The van der Waals surface area contributed by atoms with Crippen LogP contribution in [0.3, 0.4) is 0 Å². The quantitative estimate of drug-likeness (QED) is 0.138. The summed E-state index contributed by atoms with van der Waals surface area (Å²) in [6.07, 6.45) is 3.31. The van der Waals surface area contributed by atoms with E-state index in [0.717, 1.165) is 17.7 Å². The van der Waals surface area contributed by atoms with Gasteiger partial charge in [-0.25, -0.2) is 9.97 Å². The Kier molecular flexibility index (Phi) is 14.6. The fraction of sp³-hybridized carbons (Fsp3) is 0.550. The van der Waals surface area contributed by atoms with Gasteiger partial charge in [0.15, 0.2) is 0 Å². The lowest BCUT2D eigenvalue weighted by molar-refractivity contribution is -0.137. The van der Waals surface area contributed by atoms with Gasteiger partial charge in [0.05, 0.1) is 49.5 Å². The van der Waals surface area contributed by atoms with Crippen molar-refractivity contribution in [1.29, 1.82) is 0 Å². The number of benzene rings is 1. The van der Waals surface area contributed by atoms with Crippen LogP contribution in [0.5, 0.6) is 0 Å². The van der Waals surface area contributed by atoms with Crippen LogP contribution >= 0.6 is 0 Å². The van der Waals surface area contributed by atoms with Crippen LogP contribution in [0, 0.1) is 11.8 Å². The van der Waals surface area contributed by atoms with Crippen molar-refractivity contribution in [3.8, 4) is 0 Å². The SMILES string of the molecule is CN1C(=O)C[C@H](C(=O)NCCOCCOCCC(=O)NC2CCC(C(=O)NCCN3CC[C@H](Nc4ncnc5ccc(C(F)(F)F)cc45)C3=O)CC2)[C@H]1c1cccnc1. The van der Waals surface area contributed by atoms with E-state index >= 15 is 0 Å². The fourth-order valence-corrected chi connectivity index (χ4v) is 7.84. The number of ether oxygens (including phenoxy) is 2. The molecular formula is C40H50F3N9O7. The number of hydrogen-bond donors (Lipinski definition) is 4. The van der Waals surface area contributed by atoms with Crippen LogP contribution in [0.25, 0.3) is 10.9 Å². The molecule has 16 nitrogen and oxygen atoms in total. The van der Waals surface area contributed by atoms with Crippen molar-refractivity contribution < 1.29 is 46.6 Å². The molecule has 1 saturated carbocycles. The Balaban J connectivity index is 0.788. The topological polar surface area (TPSA) is 197 Å². The standard InChI is InChI=1S/C40H50F3N9O7/c1-51-34(54)22-30(35(51)26-3-2-12-44-23-26)38(56)46-14-18-59-20-19-58-17-11-33(53)49-28-7-4-25(5-8-28)37(55)45-13-16-52-15-10-32(39(52)57)50-36-29-21-27(40(41,42)43)6-9-31(29)47-24-48-36/h2-3,6,9,12,21,23-25,28,30,32,35H,4-5,7-8,10-11,13-20,22H2,1H3,(H,45,55)(H,46,56)(H,49,53)(H,47,48,50)/t25?,28?,30-,32-,35+/m0/s1. The normalized spacial score (nSPS) is 22.1. The summed E-state index contributed by atoms with van der Waals surface area (Å²) in [7, 11) is 1.69. The summed E-state index contributed by atoms with van der Waals surface area (Å²) in [5.41, 5.74) is 0.301. The molecule has 6 rings (SSSR count). The minimum Gasteiger partial charge on any atom is -0.379 e. The Morgan fingerprint density at radius 2 is 1.68 bits per heavy atom. The Labute approximate surface area is 339 Å². The third-order valence-electron chi connectivity index (χ3n) is 11.1. The number of pyridine rings is 1. The average molecular weight is 826 g/mol. The van der Waals surface area contributed by atoms with Gasteiger partial charge in [-0.15, -0.1) is 0 Å². The second kappa shape index (κ2) is 20.0. The van der Waals surface area contributed by atoms with Gasteiger partial charge in [-0.05, 0) is 61.9 Å². The molecule has 2 aliphatic heterocycles. The van der Waals surface area contributed by atoms with Gasteiger partial charge in [0.2, 0.25) is 29.5 Å². The summed E-state index contributed by atoms with van der Waals surface area (Å²) in [6, 6.07) is 5.76. The molecule has 3 atom stereocenters. The highest BCUT2D eigenvalue weighted by Crippen LogP contribution is 2.37. The number of halogens is 3. The number of nitrogens with zero attached hydrogens (tertiary/aromatic N) is 5. The minimum atomic E-state index is -4.53. The summed E-state index contributed by atoms with van der Waals surface area (Å²) >= 11 is 0. The first-order valence-corrected chi connectivity index (χ1v) is 19.9. The van der Waals surface area contributed by atoms with Crippen LogP contribution in [0.4, 0.5) is 19.0 Å². The summed E-state index contributed by atoms with van der Waals surface area (Å²) < 4.78 is 51.0. The molecule has 318 valence electrons. The zero-order valence-electron chi connectivity index (χ0n) is 32.8. The lowest BCUT2D eigenvalue weighted by Gasteiger charge is -2.28. The van der Waals surface area contributed by atoms with Crippen LogP contribution in [0.2, 0.25) is 0 Å². The van der Waals surface area contributed by atoms with E-state index in [0.29, 0.717) is 50.7 Å². The molecule has 3 aromatic rings. The van der Waals surface area contributed by atoms with E-state index in [1.54, 1.807) is 35.3 Å². The van der Waals surface area contributed by atoms with Crippen LogP contribution in [0.15, 0.2) is 49.1 Å². The highest BCUT2D eigenvalue weighted by molar-refractivity contribution is 5.93. The highest BCUT2D eigenvalue weighted by atomic mass is 19.4. The maximum absolute atomic E-state index is 13.3. The second-order valence-corrected chi connectivity index (χ2v) is 15.0. The van der Waals surface area contributed by atoms with Gasteiger partial charge < -0.3 is 40.5 Å². The first-order chi connectivity index (χ1) is 28.4. The zero-order chi connectivity index (χ0) is 41.9. The predicted octanol–water partition coefficient (Wildman–Crippen LogP) is 2.61. The number of carbonyl (C=O) groups is 5. The maximum Gasteiger partial charge on any atom is 0.416 e. The van der Waals surface area contributed by atoms with E-state index in [9.17, 15) is 37.1 Å². The molecule has 3 fully saturated rings. The molecule has 0 bridgehead atoms. The van der Waals surface area contributed by atoms with Crippen LogP contribution in [-0.4, -0.2) is 126 Å². The second-order valence-electron chi connectivity index (χ2n) is 15.0. The number of carbonyl (C=O) groups excluding carboxylic acids is 5. The monoisotopic (exact) mass is 825 g/mol. The molecule has 4 N–H and O–H groups in total. The zero-order valence-corrected chi connectivity index (χ0v) is 32.8. The molecule has 0 radical (unpaired) electrons. The summed E-state index contributed by atoms with van der Waals surface area (Å²) in [5, 5.41) is 11.9. The molecule has 0 spiro atoms. The molecule has 0 unspecified atom stereocenters. The molecule has 4 heterocycles. The third-order valence-corrected chi connectivity index (χ3v) is 11.1. The van der Waals surface area contributed by atoms with Crippen LogP contribution in [-0.2, 0) is 39.6 Å². The fourth-order valence-electron chi connectivity index (χ4n) is 7.84. The van der Waals surface area contributed by atoms with Gasteiger partial charge in [0, 0.05) is 75.8 Å². The Bertz CT molecular complexity index is 1950. The molecule has 1 aliphatic carbocycles. The number of nitrogens with one attached hydrogen (secondary N) is 4. The molecule has 1 aromatic carbocycles. The average Bonchev–Trinajstić information content (AvgIpc) is 3.73. The largest absolute Gasteiger partial charge is 0.416 e. The predicted molar refractivity (Wildman–Crippen MR) is 207 cm³/mol. The molecule has 5 amide bonds. The van der Waals surface area contributed by atoms with Crippen molar-refractivity contribution in [3.63, 3.8) is 0 Å². The third kappa shape index (κ3) is 11.4. The molecule has 59 heavy (non-hydrogen) atoms. The lowest BCUT2D eigenvalue weighted by atomic mass is 9.85. The van der Waals surface area contributed by atoms with Gasteiger partial charge in [-0.3, -0.25) is 29.0 Å². The number of rotatable bonds is 18. The summed E-state index contributed by atoms with van der Waals surface area (Å²) in [5.74, 6) is -1.34. The van der Waals surface area contributed by atoms with E-state index in [1.165, 1.54) is 12.4 Å². The molecule has 2 saturated heterocycles.